The number of nitrogens with two attached hydrogens (primary N) is 1. The SMILES string of the molecule is COc1cc(-c2ccccc2F)nc2cc(-c3nn([C@H]4C[C@@](C)(O)C4)c(N)c3C#N)ccc12. The lowest BCUT2D eigenvalue weighted by molar-refractivity contribution is -0.0535. The van der Waals surface area contributed by atoms with Crippen LogP contribution in [-0.4, -0.2) is 32.6 Å². The van der Waals surface area contributed by atoms with E-state index in [9.17, 15) is 14.8 Å². The molecular weight excluding hydrogens is 421 g/mol. The minimum atomic E-state index is -0.747. The predicted molar refractivity (Wildman–Crippen MR) is 123 cm³/mol. The van der Waals surface area contributed by atoms with Crippen molar-refractivity contribution < 1.29 is 14.2 Å². The van der Waals surface area contributed by atoms with Crippen LogP contribution in [0.3, 0.4) is 0 Å². The molecule has 0 atom stereocenters. The van der Waals surface area contributed by atoms with E-state index in [0.29, 0.717) is 46.6 Å². The van der Waals surface area contributed by atoms with Gasteiger partial charge in [-0.05, 0) is 44.0 Å². The molecule has 2 aromatic carbocycles. The number of nitrogen functional groups attached to an aromatic ring is 1. The Labute approximate surface area is 189 Å². The molecule has 0 aliphatic heterocycles. The van der Waals surface area contributed by atoms with Crippen molar-refractivity contribution in [1.29, 1.82) is 5.26 Å². The molecular formula is C25H22FN5O2. The lowest BCUT2D eigenvalue weighted by Crippen LogP contribution is -2.42. The van der Waals surface area contributed by atoms with Crippen molar-refractivity contribution in [3.05, 3.63) is 59.9 Å². The van der Waals surface area contributed by atoms with Crippen LogP contribution in [0.15, 0.2) is 48.5 Å². The number of hydrogen-bond donors (Lipinski definition) is 2. The maximum absolute atomic E-state index is 14.4. The highest BCUT2D eigenvalue weighted by Gasteiger charge is 2.41. The summed E-state index contributed by atoms with van der Waals surface area (Å²) < 4.78 is 21.6. The van der Waals surface area contributed by atoms with Crippen LogP contribution < -0.4 is 10.5 Å². The third-order valence-corrected chi connectivity index (χ3v) is 6.17. The summed E-state index contributed by atoms with van der Waals surface area (Å²) in [6, 6.07) is 15.7. The van der Waals surface area contributed by atoms with Crippen molar-refractivity contribution in [3.8, 4) is 34.3 Å². The van der Waals surface area contributed by atoms with Gasteiger partial charge in [0.1, 0.15) is 34.7 Å². The molecule has 1 aliphatic carbocycles. The van der Waals surface area contributed by atoms with Crippen LogP contribution in [0.5, 0.6) is 5.75 Å². The lowest BCUT2D eigenvalue weighted by Gasteiger charge is -2.41. The fourth-order valence-electron chi connectivity index (χ4n) is 4.49. The number of halogens is 1. The minimum Gasteiger partial charge on any atom is -0.496 e. The average Bonchev–Trinajstić information content (AvgIpc) is 3.12. The first-order valence-corrected chi connectivity index (χ1v) is 10.6. The maximum Gasteiger partial charge on any atom is 0.140 e. The highest BCUT2D eigenvalue weighted by atomic mass is 19.1. The summed E-state index contributed by atoms with van der Waals surface area (Å²) in [6.07, 6.45) is 1.04. The van der Waals surface area contributed by atoms with E-state index >= 15 is 0 Å². The van der Waals surface area contributed by atoms with Crippen molar-refractivity contribution in [1.82, 2.24) is 14.8 Å². The summed E-state index contributed by atoms with van der Waals surface area (Å²) in [7, 11) is 1.55. The molecule has 0 unspecified atom stereocenters. The van der Waals surface area contributed by atoms with E-state index in [1.54, 1.807) is 49.0 Å². The molecule has 8 heteroatoms. The van der Waals surface area contributed by atoms with Gasteiger partial charge in [-0.15, -0.1) is 0 Å². The van der Waals surface area contributed by atoms with Gasteiger partial charge in [0.15, 0.2) is 0 Å². The molecule has 2 aromatic heterocycles. The number of ether oxygens (including phenoxy) is 1. The number of rotatable bonds is 4. The van der Waals surface area contributed by atoms with Gasteiger partial charge < -0.3 is 15.6 Å². The van der Waals surface area contributed by atoms with Gasteiger partial charge in [0, 0.05) is 22.6 Å². The first-order valence-electron chi connectivity index (χ1n) is 10.6. The molecule has 33 heavy (non-hydrogen) atoms. The molecule has 5 rings (SSSR count). The second-order valence-electron chi connectivity index (χ2n) is 8.65. The van der Waals surface area contributed by atoms with Crippen molar-refractivity contribution in [2.24, 2.45) is 0 Å². The zero-order valence-electron chi connectivity index (χ0n) is 18.2. The molecule has 0 amide bonds. The Balaban J connectivity index is 1.64. The summed E-state index contributed by atoms with van der Waals surface area (Å²) in [4.78, 5) is 4.67. The van der Waals surface area contributed by atoms with Gasteiger partial charge in [-0.25, -0.2) is 14.1 Å². The van der Waals surface area contributed by atoms with Crippen LogP contribution in [-0.2, 0) is 0 Å². The number of nitriles is 1. The predicted octanol–water partition coefficient (Wildman–Crippen LogP) is 4.45. The third kappa shape index (κ3) is 3.47. The van der Waals surface area contributed by atoms with Gasteiger partial charge >= 0.3 is 0 Å². The highest BCUT2D eigenvalue weighted by Crippen LogP contribution is 2.43. The number of benzene rings is 2. The number of methoxy groups -OCH3 is 1. The Kier molecular flexibility index (Phi) is 4.80. The lowest BCUT2D eigenvalue weighted by atomic mass is 9.77. The number of pyridine rings is 1. The molecule has 7 nitrogen and oxygen atoms in total. The molecule has 1 aliphatic rings. The Morgan fingerprint density at radius 1 is 1.24 bits per heavy atom. The van der Waals surface area contributed by atoms with Crippen molar-refractivity contribution in [2.75, 3.05) is 12.8 Å². The molecule has 0 radical (unpaired) electrons. The van der Waals surface area contributed by atoms with Gasteiger partial charge in [0.25, 0.3) is 0 Å². The number of fused-ring (bicyclic) bond motifs is 1. The normalized spacial score (nSPS) is 19.8. The van der Waals surface area contributed by atoms with Gasteiger partial charge in [-0.2, -0.15) is 10.4 Å². The monoisotopic (exact) mass is 443 g/mol. The Bertz CT molecular complexity index is 1430. The molecule has 0 saturated heterocycles. The van der Waals surface area contributed by atoms with E-state index in [2.05, 4.69) is 16.2 Å². The zero-order chi connectivity index (χ0) is 23.3. The third-order valence-electron chi connectivity index (χ3n) is 6.17. The number of anilines is 1. The molecule has 1 fully saturated rings. The molecule has 1 saturated carbocycles. The van der Waals surface area contributed by atoms with Crippen LogP contribution in [0.1, 0.15) is 31.4 Å². The summed E-state index contributed by atoms with van der Waals surface area (Å²) in [5.41, 5.74) is 8.27. The van der Waals surface area contributed by atoms with Crippen molar-refractivity contribution in [3.63, 3.8) is 0 Å². The summed E-state index contributed by atoms with van der Waals surface area (Å²) in [5, 5.41) is 25.2. The van der Waals surface area contributed by atoms with E-state index < -0.39 is 5.60 Å². The second-order valence-corrected chi connectivity index (χ2v) is 8.65. The molecule has 166 valence electrons. The van der Waals surface area contributed by atoms with Crippen LogP contribution in [0.2, 0.25) is 0 Å². The van der Waals surface area contributed by atoms with E-state index in [0.717, 1.165) is 5.39 Å². The highest BCUT2D eigenvalue weighted by molar-refractivity contribution is 5.91. The van der Waals surface area contributed by atoms with E-state index in [1.807, 2.05) is 12.1 Å². The van der Waals surface area contributed by atoms with Gasteiger partial charge in [-0.3, -0.25) is 0 Å². The Hall–Kier alpha value is -3.96. The number of aliphatic hydroxyl groups is 1. The number of hydrogen-bond acceptors (Lipinski definition) is 6. The molecule has 3 N–H and O–H groups in total. The molecule has 0 bridgehead atoms. The quantitative estimate of drug-likeness (QED) is 0.482. The standard InChI is InChI=1S/C25H22FN5O2/c1-25(32)11-15(12-25)31-24(28)18(13-27)23(30-31)14-7-8-17-20(9-14)29-21(10-22(17)33-2)16-5-3-4-6-19(16)26/h3-10,15,32H,11-12,28H2,1-2H3/t15-,25+. The Morgan fingerprint density at radius 2 is 2.00 bits per heavy atom. The van der Waals surface area contributed by atoms with Gasteiger partial charge in [0.2, 0.25) is 0 Å². The average molecular weight is 443 g/mol. The fraction of sp³-hybridized carbons (Fsp3) is 0.240. The summed E-state index contributed by atoms with van der Waals surface area (Å²) in [6.45, 7) is 1.77. The van der Waals surface area contributed by atoms with E-state index in [1.165, 1.54) is 6.07 Å². The first kappa shape index (κ1) is 20.9. The summed E-state index contributed by atoms with van der Waals surface area (Å²) >= 11 is 0. The van der Waals surface area contributed by atoms with Crippen LogP contribution in [0.25, 0.3) is 33.4 Å². The van der Waals surface area contributed by atoms with Crippen LogP contribution in [0, 0.1) is 17.1 Å². The van der Waals surface area contributed by atoms with Crippen molar-refractivity contribution >= 4 is 16.7 Å². The van der Waals surface area contributed by atoms with Crippen LogP contribution in [0.4, 0.5) is 10.2 Å². The molecule has 0 spiro atoms. The fourth-order valence-corrected chi connectivity index (χ4v) is 4.49. The summed E-state index contributed by atoms with van der Waals surface area (Å²) in [5.74, 6) is 0.461. The van der Waals surface area contributed by atoms with E-state index in [4.69, 9.17) is 10.5 Å². The first-order chi connectivity index (χ1) is 15.8. The largest absolute Gasteiger partial charge is 0.496 e. The maximum atomic E-state index is 14.4. The zero-order valence-corrected chi connectivity index (χ0v) is 18.2. The smallest absolute Gasteiger partial charge is 0.140 e. The van der Waals surface area contributed by atoms with Crippen LogP contribution >= 0.6 is 0 Å². The van der Waals surface area contributed by atoms with E-state index in [-0.39, 0.29) is 23.2 Å². The minimum absolute atomic E-state index is 0.0628. The molecule has 2 heterocycles. The molecule has 4 aromatic rings. The topological polar surface area (TPSA) is 110 Å². The number of nitrogens with zero attached hydrogens (tertiary/aromatic N) is 4. The van der Waals surface area contributed by atoms with Gasteiger partial charge in [0.05, 0.1) is 30.0 Å². The van der Waals surface area contributed by atoms with Crippen molar-refractivity contribution in [2.45, 2.75) is 31.4 Å². The second kappa shape index (κ2) is 7.57. The van der Waals surface area contributed by atoms with Gasteiger partial charge in [-0.1, -0.05) is 18.2 Å². The Morgan fingerprint density at radius 3 is 2.67 bits per heavy atom. The number of aromatic nitrogens is 3.